The average molecular weight is 216 g/mol. The van der Waals surface area contributed by atoms with Crippen LogP contribution in [0.25, 0.3) is 11.3 Å². The summed E-state index contributed by atoms with van der Waals surface area (Å²) in [5.74, 6) is -0.869. The molecule has 0 aliphatic rings. The fourth-order valence-electron chi connectivity index (χ4n) is 1.56. The molecule has 1 N–H and O–H groups in total. The standard InChI is InChI=1S/C12H12N2O2/c1-9-2-4-10(5-3-9)11-6-13-8-14(11)7-12(15)16/h2-6,8H,7H2,1H3,(H,15,16). The van der Waals surface area contributed by atoms with Crippen LogP contribution in [0.15, 0.2) is 36.8 Å². The number of carbonyl (C=O) groups is 1. The number of aryl methyl sites for hydroxylation is 1. The molecule has 1 aromatic heterocycles. The lowest BCUT2D eigenvalue weighted by atomic mass is 10.1. The van der Waals surface area contributed by atoms with Crippen molar-refractivity contribution >= 4 is 5.97 Å². The van der Waals surface area contributed by atoms with Gasteiger partial charge >= 0.3 is 5.97 Å². The molecule has 4 nitrogen and oxygen atoms in total. The van der Waals surface area contributed by atoms with Crippen molar-refractivity contribution in [2.24, 2.45) is 0 Å². The topological polar surface area (TPSA) is 55.1 Å². The highest BCUT2D eigenvalue weighted by Gasteiger charge is 2.07. The Kier molecular flexibility index (Phi) is 2.72. The normalized spacial score (nSPS) is 10.3. The van der Waals surface area contributed by atoms with E-state index in [9.17, 15) is 4.79 Å². The van der Waals surface area contributed by atoms with Crippen LogP contribution in [0.4, 0.5) is 0 Å². The molecule has 2 aromatic rings. The molecule has 4 heteroatoms. The lowest BCUT2D eigenvalue weighted by Crippen LogP contribution is -2.08. The average Bonchev–Trinajstić information content (AvgIpc) is 2.66. The highest BCUT2D eigenvalue weighted by atomic mass is 16.4. The van der Waals surface area contributed by atoms with Crippen molar-refractivity contribution in [1.29, 1.82) is 0 Å². The minimum Gasteiger partial charge on any atom is -0.480 e. The number of rotatable bonds is 3. The zero-order valence-electron chi connectivity index (χ0n) is 8.92. The molecule has 0 fully saturated rings. The molecule has 0 saturated heterocycles. The predicted octanol–water partition coefficient (Wildman–Crippen LogP) is 1.94. The van der Waals surface area contributed by atoms with Crippen molar-refractivity contribution in [3.05, 3.63) is 42.4 Å². The van der Waals surface area contributed by atoms with Gasteiger partial charge in [-0.1, -0.05) is 29.8 Å². The first-order valence-corrected chi connectivity index (χ1v) is 4.96. The maximum atomic E-state index is 10.7. The third kappa shape index (κ3) is 2.11. The van der Waals surface area contributed by atoms with Crippen molar-refractivity contribution in [3.63, 3.8) is 0 Å². The Bertz CT molecular complexity index is 500. The van der Waals surface area contributed by atoms with Crippen LogP contribution in [0.1, 0.15) is 5.56 Å². The van der Waals surface area contributed by atoms with Gasteiger partial charge in [-0.2, -0.15) is 0 Å². The second kappa shape index (κ2) is 4.18. The number of carboxylic acid groups (broad SMARTS) is 1. The van der Waals surface area contributed by atoms with Crippen LogP contribution in [-0.2, 0) is 11.3 Å². The molecule has 1 aromatic carbocycles. The largest absolute Gasteiger partial charge is 0.480 e. The highest BCUT2D eigenvalue weighted by Crippen LogP contribution is 2.19. The summed E-state index contributed by atoms with van der Waals surface area (Å²) in [4.78, 5) is 14.6. The third-order valence-corrected chi connectivity index (χ3v) is 2.37. The van der Waals surface area contributed by atoms with E-state index in [-0.39, 0.29) is 6.54 Å². The quantitative estimate of drug-likeness (QED) is 0.853. The molecular weight excluding hydrogens is 204 g/mol. The molecule has 1 heterocycles. The molecule has 2 rings (SSSR count). The predicted molar refractivity (Wildman–Crippen MR) is 60.0 cm³/mol. The summed E-state index contributed by atoms with van der Waals surface area (Å²) >= 11 is 0. The van der Waals surface area contributed by atoms with E-state index in [1.807, 2.05) is 31.2 Å². The molecule has 16 heavy (non-hydrogen) atoms. The van der Waals surface area contributed by atoms with Crippen molar-refractivity contribution in [2.45, 2.75) is 13.5 Å². The maximum Gasteiger partial charge on any atom is 0.323 e. The van der Waals surface area contributed by atoms with E-state index in [0.29, 0.717) is 0 Å². The summed E-state index contributed by atoms with van der Waals surface area (Å²) in [5, 5.41) is 8.75. The minimum atomic E-state index is -0.869. The van der Waals surface area contributed by atoms with E-state index in [0.717, 1.165) is 11.3 Å². The zero-order chi connectivity index (χ0) is 11.5. The van der Waals surface area contributed by atoms with E-state index in [2.05, 4.69) is 4.98 Å². The second-order valence-electron chi connectivity index (χ2n) is 3.67. The first kappa shape index (κ1) is 10.4. The molecule has 0 atom stereocenters. The number of carboxylic acids is 1. The first-order valence-electron chi connectivity index (χ1n) is 4.96. The van der Waals surface area contributed by atoms with Gasteiger partial charge in [0.25, 0.3) is 0 Å². The fourth-order valence-corrected chi connectivity index (χ4v) is 1.56. The van der Waals surface area contributed by atoms with Crippen LogP contribution in [0.5, 0.6) is 0 Å². The molecule has 0 bridgehead atoms. The van der Waals surface area contributed by atoms with Crippen molar-refractivity contribution in [2.75, 3.05) is 0 Å². The Balaban J connectivity index is 2.36. The SMILES string of the molecule is Cc1ccc(-c2cncn2CC(=O)O)cc1. The fraction of sp³-hybridized carbons (Fsp3) is 0.167. The summed E-state index contributed by atoms with van der Waals surface area (Å²) in [7, 11) is 0. The number of nitrogens with zero attached hydrogens (tertiary/aromatic N) is 2. The van der Waals surface area contributed by atoms with Gasteiger partial charge in [-0.05, 0) is 12.5 Å². The Labute approximate surface area is 93.2 Å². The molecule has 0 saturated carbocycles. The summed E-state index contributed by atoms with van der Waals surface area (Å²) in [6.07, 6.45) is 3.21. The molecule has 82 valence electrons. The highest BCUT2D eigenvalue weighted by molar-refractivity contribution is 5.68. The van der Waals surface area contributed by atoms with E-state index in [1.165, 1.54) is 11.9 Å². The molecule has 0 spiro atoms. The van der Waals surface area contributed by atoms with Gasteiger partial charge in [0.15, 0.2) is 0 Å². The van der Waals surface area contributed by atoms with E-state index >= 15 is 0 Å². The Morgan fingerprint density at radius 1 is 1.38 bits per heavy atom. The number of imidazole rings is 1. The van der Waals surface area contributed by atoms with Gasteiger partial charge in [-0.15, -0.1) is 0 Å². The molecule has 0 amide bonds. The monoisotopic (exact) mass is 216 g/mol. The van der Waals surface area contributed by atoms with E-state index in [4.69, 9.17) is 5.11 Å². The van der Waals surface area contributed by atoms with Gasteiger partial charge in [0, 0.05) is 0 Å². The first-order chi connectivity index (χ1) is 7.66. The molecule has 0 aliphatic heterocycles. The maximum absolute atomic E-state index is 10.7. The van der Waals surface area contributed by atoms with Gasteiger partial charge in [0.2, 0.25) is 0 Å². The third-order valence-electron chi connectivity index (χ3n) is 2.37. The molecular formula is C12H12N2O2. The van der Waals surface area contributed by atoms with Crippen LogP contribution in [0, 0.1) is 6.92 Å². The number of aliphatic carboxylic acids is 1. The van der Waals surface area contributed by atoms with Crippen LogP contribution in [0.3, 0.4) is 0 Å². The zero-order valence-corrected chi connectivity index (χ0v) is 8.92. The molecule has 0 radical (unpaired) electrons. The van der Waals surface area contributed by atoms with Gasteiger partial charge in [0.1, 0.15) is 6.54 Å². The number of aromatic nitrogens is 2. The van der Waals surface area contributed by atoms with Crippen molar-refractivity contribution in [3.8, 4) is 11.3 Å². The Morgan fingerprint density at radius 2 is 2.06 bits per heavy atom. The minimum absolute atomic E-state index is 0.0663. The number of benzene rings is 1. The van der Waals surface area contributed by atoms with E-state index in [1.54, 1.807) is 10.8 Å². The summed E-state index contributed by atoms with van der Waals surface area (Å²) in [5.41, 5.74) is 2.97. The van der Waals surface area contributed by atoms with Crippen LogP contribution in [0.2, 0.25) is 0 Å². The lowest BCUT2D eigenvalue weighted by molar-refractivity contribution is -0.137. The van der Waals surface area contributed by atoms with Crippen molar-refractivity contribution < 1.29 is 9.90 Å². The van der Waals surface area contributed by atoms with Gasteiger partial charge in [-0.25, -0.2) is 4.98 Å². The van der Waals surface area contributed by atoms with Crippen LogP contribution >= 0.6 is 0 Å². The molecule has 0 aliphatic carbocycles. The van der Waals surface area contributed by atoms with Gasteiger partial charge in [-0.3, -0.25) is 4.79 Å². The number of hydrogen-bond donors (Lipinski definition) is 1. The Morgan fingerprint density at radius 3 is 2.69 bits per heavy atom. The Hall–Kier alpha value is -2.10. The molecule has 0 unspecified atom stereocenters. The van der Waals surface area contributed by atoms with Gasteiger partial charge < -0.3 is 9.67 Å². The smallest absolute Gasteiger partial charge is 0.323 e. The summed E-state index contributed by atoms with van der Waals surface area (Å²) in [6, 6.07) is 7.91. The lowest BCUT2D eigenvalue weighted by Gasteiger charge is -2.05. The van der Waals surface area contributed by atoms with E-state index < -0.39 is 5.97 Å². The summed E-state index contributed by atoms with van der Waals surface area (Å²) < 4.78 is 1.62. The van der Waals surface area contributed by atoms with Crippen molar-refractivity contribution in [1.82, 2.24) is 9.55 Å². The van der Waals surface area contributed by atoms with Gasteiger partial charge in [0.05, 0.1) is 18.2 Å². The summed E-state index contributed by atoms with van der Waals surface area (Å²) in [6.45, 7) is 1.95. The number of hydrogen-bond acceptors (Lipinski definition) is 2. The van der Waals surface area contributed by atoms with Crippen LogP contribution < -0.4 is 0 Å². The van der Waals surface area contributed by atoms with Crippen LogP contribution in [-0.4, -0.2) is 20.6 Å². The second-order valence-corrected chi connectivity index (χ2v) is 3.67.